The first-order valence-electron chi connectivity index (χ1n) is 8.21. The predicted octanol–water partition coefficient (Wildman–Crippen LogP) is 2.61. The van der Waals surface area contributed by atoms with Crippen LogP contribution in [0, 0.1) is 0 Å². The topological polar surface area (TPSA) is 30.9 Å². The summed E-state index contributed by atoms with van der Waals surface area (Å²) < 4.78 is 17.0. The molecule has 0 saturated carbocycles. The Morgan fingerprint density at radius 1 is 1.18 bits per heavy atom. The van der Waals surface area contributed by atoms with Crippen molar-refractivity contribution >= 4 is 0 Å². The first-order chi connectivity index (χ1) is 10.8. The second kappa shape index (κ2) is 4.49. The third-order valence-corrected chi connectivity index (χ3v) is 5.90. The van der Waals surface area contributed by atoms with Crippen LogP contribution in [0.4, 0.5) is 0 Å². The summed E-state index contributed by atoms with van der Waals surface area (Å²) in [5, 5.41) is 0. The lowest BCUT2D eigenvalue weighted by molar-refractivity contribution is 0.0290. The molecule has 1 aliphatic carbocycles. The third-order valence-electron chi connectivity index (χ3n) is 5.90. The van der Waals surface area contributed by atoms with E-state index < -0.39 is 0 Å². The Morgan fingerprint density at radius 2 is 2.00 bits per heavy atom. The quantitative estimate of drug-likeness (QED) is 0.746. The highest BCUT2D eigenvalue weighted by Gasteiger charge is 2.52. The highest BCUT2D eigenvalue weighted by molar-refractivity contribution is 5.56. The van der Waals surface area contributed by atoms with Gasteiger partial charge >= 0.3 is 0 Å². The average Bonchev–Trinajstić information content (AvgIpc) is 3.16. The Bertz CT molecular complexity index is 669. The van der Waals surface area contributed by atoms with E-state index in [2.05, 4.69) is 23.1 Å². The maximum absolute atomic E-state index is 5.72. The lowest BCUT2D eigenvalue weighted by Gasteiger charge is -2.48. The fourth-order valence-electron chi connectivity index (χ4n) is 4.84. The van der Waals surface area contributed by atoms with Crippen LogP contribution in [-0.4, -0.2) is 38.0 Å². The van der Waals surface area contributed by atoms with E-state index in [9.17, 15) is 0 Å². The molecule has 4 heteroatoms. The van der Waals surface area contributed by atoms with E-state index >= 15 is 0 Å². The van der Waals surface area contributed by atoms with E-state index in [1.54, 1.807) is 5.57 Å². The van der Waals surface area contributed by atoms with Crippen molar-refractivity contribution in [3.63, 3.8) is 0 Å². The predicted molar refractivity (Wildman–Crippen MR) is 82.3 cm³/mol. The molecule has 5 rings (SSSR count). The van der Waals surface area contributed by atoms with Crippen molar-refractivity contribution in [3.8, 4) is 11.5 Å². The standard InChI is InChI=1S/C18H21NO3/c1-20-14-3-2-13-5-7-19-6-4-12-8-16-17(22-11-21-16)9-15(12)18(13,19)10-14/h2,8-9,14H,3-7,10-11H2,1H3/t14?,18-/m1/s1. The Morgan fingerprint density at radius 3 is 2.86 bits per heavy atom. The van der Waals surface area contributed by atoms with Gasteiger partial charge in [0, 0.05) is 26.6 Å². The summed E-state index contributed by atoms with van der Waals surface area (Å²) in [4.78, 5) is 2.66. The summed E-state index contributed by atoms with van der Waals surface area (Å²) in [5.41, 5.74) is 4.46. The summed E-state index contributed by atoms with van der Waals surface area (Å²) in [6.45, 7) is 2.63. The lowest BCUT2D eigenvalue weighted by atomic mass is 9.71. The molecule has 1 aromatic rings. The summed E-state index contributed by atoms with van der Waals surface area (Å²) in [6.07, 6.45) is 7.12. The molecule has 0 radical (unpaired) electrons. The average molecular weight is 299 g/mol. The first-order valence-corrected chi connectivity index (χ1v) is 8.21. The van der Waals surface area contributed by atoms with E-state index in [-0.39, 0.29) is 5.54 Å². The van der Waals surface area contributed by atoms with Crippen LogP contribution in [0.5, 0.6) is 11.5 Å². The van der Waals surface area contributed by atoms with Crippen molar-refractivity contribution in [1.82, 2.24) is 4.90 Å². The van der Waals surface area contributed by atoms with Gasteiger partial charge in [-0.05, 0) is 48.1 Å². The van der Waals surface area contributed by atoms with E-state index in [0.717, 1.165) is 43.9 Å². The number of hydrogen-bond donors (Lipinski definition) is 0. The Hall–Kier alpha value is -1.52. The maximum Gasteiger partial charge on any atom is 0.231 e. The molecule has 1 aromatic carbocycles. The minimum Gasteiger partial charge on any atom is -0.454 e. The van der Waals surface area contributed by atoms with Gasteiger partial charge in [-0.15, -0.1) is 0 Å². The van der Waals surface area contributed by atoms with Gasteiger partial charge in [-0.3, -0.25) is 4.90 Å². The second-order valence-electron chi connectivity index (χ2n) is 6.74. The Labute approximate surface area is 130 Å². The molecule has 1 saturated heterocycles. The largest absolute Gasteiger partial charge is 0.454 e. The van der Waals surface area contributed by atoms with Gasteiger partial charge < -0.3 is 14.2 Å². The first kappa shape index (κ1) is 13.0. The number of nitrogens with zero attached hydrogens (tertiary/aromatic N) is 1. The number of ether oxygens (including phenoxy) is 3. The summed E-state index contributed by atoms with van der Waals surface area (Å²) in [7, 11) is 1.84. The van der Waals surface area contributed by atoms with Gasteiger partial charge in [0.25, 0.3) is 0 Å². The molecule has 116 valence electrons. The molecule has 22 heavy (non-hydrogen) atoms. The van der Waals surface area contributed by atoms with Gasteiger partial charge in [0.1, 0.15) is 0 Å². The number of methoxy groups -OCH3 is 1. The minimum absolute atomic E-state index is 0.0352. The zero-order valence-corrected chi connectivity index (χ0v) is 12.9. The zero-order chi connectivity index (χ0) is 14.7. The SMILES string of the molecule is COC1CC=C2CCN3CCc4cc5c(cc4[C@@]23C1)OCO5. The van der Waals surface area contributed by atoms with Crippen LogP contribution in [0.15, 0.2) is 23.8 Å². The maximum atomic E-state index is 5.72. The monoisotopic (exact) mass is 299 g/mol. The highest BCUT2D eigenvalue weighted by Crippen LogP contribution is 2.54. The van der Waals surface area contributed by atoms with E-state index in [4.69, 9.17) is 14.2 Å². The van der Waals surface area contributed by atoms with Gasteiger partial charge in [-0.25, -0.2) is 0 Å². The van der Waals surface area contributed by atoms with Crippen molar-refractivity contribution in [1.29, 1.82) is 0 Å². The highest BCUT2D eigenvalue weighted by atomic mass is 16.7. The van der Waals surface area contributed by atoms with Crippen LogP contribution >= 0.6 is 0 Å². The molecule has 4 aliphatic rings. The van der Waals surface area contributed by atoms with Crippen molar-refractivity contribution in [2.45, 2.75) is 37.3 Å². The van der Waals surface area contributed by atoms with Gasteiger partial charge in [0.05, 0.1) is 11.6 Å². The Balaban J connectivity index is 1.71. The molecule has 0 amide bonds. The molecule has 2 atom stereocenters. The molecule has 3 heterocycles. The van der Waals surface area contributed by atoms with Crippen molar-refractivity contribution < 1.29 is 14.2 Å². The van der Waals surface area contributed by atoms with Crippen LogP contribution < -0.4 is 9.47 Å². The normalized spacial score (nSPS) is 32.2. The van der Waals surface area contributed by atoms with Gasteiger partial charge in [0.2, 0.25) is 6.79 Å². The summed E-state index contributed by atoms with van der Waals surface area (Å²) in [6, 6.07) is 4.44. The number of fused-ring (bicyclic) bond motifs is 2. The fourth-order valence-corrected chi connectivity index (χ4v) is 4.84. The smallest absolute Gasteiger partial charge is 0.231 e. The number of rotatable bonds is 1. The summed E-state index contributed by atoms with van der Waals surface area (Å²) >= 11 is 0. The molecule has 1 spiro atoms. The van der Waals surface area contributed by atoms with Crippen molar-refractivity contribution in [2.75, 3.05) is 27.0 Å². The van der Waals surface area contributed by atoms with Gasteiger partial charge in [-0.1, -0.05) is 6.08 Å². The lowest BCUT2D eigenvalue weighted by Crippen LogP contribution is -2.50. The van der Waals surface area contributed by atoms with Crippen molar-refractivity contribution in [2.24, 2.45) is 0 Å². The Kier molecular flexibility index (Phi) is 2.65. The van der Waals surface area contributed by atoms with E-state index in [0.29, 0.717) is 12.9 Å². The molecule has 1 unspecified atom stereocenters. The van der Waals surface area contributed by atoms with Crippen molar-refractivity contribution in [3.05, 3.63) is 34.9 Å². The van der Waals surface area contributed by atoms with Crippen LogP contribution in [0.2, 0.25) is 0 Å². The number of hydrogen-bond acceptors (Lipinski definition) is 4. The molecular weight excluding hydrogens is 278 g/mol. The van der Waals surface area contributed by atoms with Crippen LogP contribution in [0.3, 0.4) is 0 Å². The molecule has 3 aliphatic heterocycles. The number of benzene rings is 1. The summed E-state index contributed by atoms with van der Waals surface area (Å²) in [5.74, 6) is 1.81. The molecule has 0 aromatic heterocycles. The fraction of sp³-hybridized carbons (Fsp3) is 0.556. The van der Waals surface area contributed by atoms with Crippen LogP contribution in [-0.2, 0) is 16.7 Å². The molecular formula is C18H21NO3. The molecule has 1 fully saturated rings. The molecule has 0 N–H and O–H groups in total. The van der Waals surface area contributed by atoms with Crippen LogP contribution in [0.1, 0.15) is 30.4 Å². The second-order valence-corrected chi connectivity index (χ2v) is 6.74. The van der Waals surface area contributed by atoms with Crippen LogP contribution in [0.25, 0.3) is 0 Å². The van der Waals surface area contributed by atoms with Gasteiger partial charge in [-0.2, -0.15) is 0 Å². The van der Waals surface area contributed by atoms with Gasteiger partial charge in [0.15, 0.2) is 11.5 Å². The molecule has 0 bridgehead atoms. The molecule has 4 nitrogen and oxygen atoms in total. The minimum atomic E-state index is 0.0352. The van der Waals surface area contributed by atoms with E-state index in [1.807, 2.05) is 7.11 Å². The zero-order valence-electron chi connectivity index (χ0n) is 12.9. The third kappa shape index (κ3) is 1.54. The van der Waals surface area contributed by atoms with E-state index in [1.165, 1.54) is 17.5 Å².